The number of hydrogen-bond donors (Lipinski definition) is 2. The van der Waals surface area contributed by atoms with E-state index in [1.54, 1.807) is 0 Å². The van der Waals surface area contributed by atoms with Crippen molar-refractivity contribution in [1.82, 2.24) is 0 Å². The molecule has 0 radical (unpaired) electrons. The molecule has 3 N–H and O–H groups in total. The first-order chi connectivity index (χ1) is 7.11. The Morgan fingerprint density at radius 2 is 2.07 bits per heavy atom. The fraction of sp³-hybridized carbons (Fsp3) is 0. The van der Waals surface area contributed by atoms with E-state index >= 15 is 0 Å². The van der Waals surface area contributed by atoms with E-state index in [0.29, 0.717) is 5.39 Å². The Labute approximate surface area is 82.9 Å². The minimum atomic E-state index is -0.619. The van der Waals surface area contributed by atoms with E-state index in [0.717, 1.165) is 12.1 Å². The molecule has 1 heterocycles. The van der Waals surface area contributed by atoms with Crippen molar-refractivity contribution in [1.29, 1.82) is 0 Å². The third-order valence-electron chi connectivity index (χ3n) is 1.97. The summed E-state index contributed by atoms with van der Waals surface area (Å²) in [6.07, 6.45) is 0. The van der Waals surface area contributed by atoms with Crippen molar-refractivity contribution < 1.29 is 9.52 Å². The van der Waals surface area contributed by atoms with E-state index in [4.69, 9.17) is 10.2 Å². The lowest BCUT2D eigenvalue weighted by atomic mass is 10.2. The molecule has 0 fully saturated rings. The van der Waals surface area contributed by atoms with Gasteiger partial charge in [-0.3, -0.25) is 0 Å². The highest BCUT2D eigenvalue weighted by Gasteiger charge is 2.09. The monoisotopic (exact) mass is 206 g/mol. The molecule has 2 rings (SSSR count). The minimum Gasteiger partial charge on any atom is -0.505 e. The number of benzene rings is 1. The molecule has 0 aliphatic rings. The maximum atomic E-state index is 11.0. The zero-order valence-electron chi connectivity index (χ0n) is 7.43. The van der Waals surface area contributed by atoms with Crippen molar-refractivity contribution >= 4 is 22.3 Å². The molecule has 2 aromatic rings. The van der Waals surface area contributed by atoms with Gasteiger partial charge in [0.05, 0.1) is 0 Å². The Balaban J connectivity index is 2.93. The van der Waals surface area contributed by atoms with E-state index in [2.05, 4.69) is 5.18 Å². The number of aromatic hydroxyl groups is 1. The van der Waals surface area contributed by atoms with Crippen molar-refractivity contribution in [2.75, 3.05) is 5.73 Å². The van der Waals surface area contributed by atoms with E-state index in [9.17, 15) is 14.8 Å². The second kappa shape index (κ2) is 3.09. The summed E-state index contributed by atoms with van der Waals surface area (Å²) in [5.74, 6) is -0.355. The third-order valence-corrected chi connectivity index (χ3v) is 1.97. The van der Waals surface area contributed by atoms with Crippen LogP contribution in [0, 0.1) is 4.91 Å². The largest absolute Gasteiger partial charge is 0.505 e. The zero-order valence-corrected chi connectivity index (χ0v) is 7.43. The Morgan fingerprint density at radius 3 is 2.73 bits per heavy atom. The summed E-state index contributed by atoms with van der Waals surface area (Å²) >= 11 is 0. The van der Waals surface area contributed by atoms with Crippen LogP contribution in [-0.4, -0.2) is 5.11 Å². The van der Waals surface area contributed by atoms with Crippen LogP contribution >= 0.6 is 0 Å². The van der Waals surface area contributed by atoms with Gasteiger partial charge in [0.1, 0.15) is 11.3 Å². The van der Waals surface area contributed by atoms with Crippen molar-refractivity contribution in [3.05, 3.63) is 33.5 Å². The molecule has 0 saturated heterocycles. The second-order valence-electron chi connectivity index (χ2n) is 2.95. The molecule has 0 aliphatic carbocycles. The van der Waals surface area contributed by atoms with Crippen molar-refractivity contribution in [3.8, 4) is 5.75 Å². The topological polar surface area (TPSA) is 106 Å². The smallest absolute Gasteiger partial charge is 0.338 e. The Kier molecular flexibility index (Phi) is 1.89. The van der Waals surface area contributed by atoms with Gasteiger partial charge in [0.15, 0.2) is 5.69 Å². The van der Waals surface area contributed by atoms with Gasteiger partial charge in [-0.1, -0.05) is 0 Å². The number of rotatable bonds is 1. The van der Waals surface area contributed by atoms with Gasteiger partial charge in [0, 0.05) is 23.2 Å². The highest BCUT2D eigenvalue weighted by atomic mass is 16.4. The van der Waals surface area contributed by atoms with E-state index in [1.165, 1.54) is 6.07 Å². The molecule has 6 nitrogen and oxygen atoms in total. The van der Waals surface area contributed by atoms with E-state index in [1.807, 2.05) is 0 Å². The van der Waals surface area contributed by atoms with Crippen LogP contribution in [0.15, 0.2) is 32.6 Å². The van der Waals surface area contributed by atoms with Crippen molar-refractivity contribution in [2.24, 2.45) is 5.18 Å². The molecular formula is C9H6N2O4. The number of nitrogens with zero attached hydrogens (tertiary/aromatic N) is 1. The van der Waals surface area contributed by atoms with Crippen LogP contribution in [0.2, 0.25) is 0 Å². The number of anilines is 1. The van der Waals surface area contributed by atoms with Gasteiger partial charge < -0.3 is 15.3 Å². The Hall–Kier alpha value is -2.37. The normalized spacial score (nSPS) is 10.4. The van der Waals surface area contributed by atoms with Gasteiger partial charge in [-0.05, 0) is 11.2 Å². The molecule has 0 bridgehead atoms. The molecule has 6 heteroatoms. The molecule has 1 aromatic carbocycles. The van der Waals surface area contributed by atoms with Gasteiger partial charge in [-0.25, -0.2) is 4.79 Å². The lowest BCUT2D eigenvalue weighted by Crippen LogP contribution is -1.99. The van der Waals surface area contributed by atoms with Crippen LogP contribution in [0.25, 0.3) is 11.0 Å². The fourth-order valence-electron chi connectivity index (χ4n) is 1.28. The summed E-state index contributed by atoms with van der Waals surface area (Å²) in [5.41, 5.74) is 5.06. The maximum absolute atomic E-state index is 11.0. The van der Waals surface area contributed by atoms with Gasteiger partial charge in [-0.15, -0.1) is 4.91 Å². The van der Waals surface area contributed by atoms with Crippen LogP contribution in [0.3, 0.4) is 0 Å². The summed E-state index contributed by atoms with van der Waals surface area (Å²) in [4.78, 5) is 21.3. The minimum absolute atomic E-state index is 0.116. The van der Waals surface area contributed by atoms with Crippen LogP contribution in [0.5, 0.6) is 5.75 Å². The summed E-state index contributed by atoms with van der Waals surface area (Å²) in [6.45, 7) is 0. The molecule has 76 valence electrons. The number of phenolic OH excluding ortho intramolecular Hbond substituents is 1. The number of nitrogens with two attached hydrogens (primary N) is 1. The number of phenols is 1. The fourth-order valence-corrected chi connectivity index (χ4v) is 1.28. The standard InChI is InChI=1S/C9H6N2O4/c10-5-2-9(13)15-8-3-7(12)6(11-14)1-4(5)8/h1-3,12H,10H2. The average molecular weight is 206 g/mol. The molecule has 0 saturated carbocycles. The van der Waals surface area contributed by atoms with Crippen LogP contribution in [-0.2, 0) is 0 Å². The van der Waals surface area contributed by atoms with Crippen LogP contribution < -0.4 is 11.4 Å². The van der Waals surface area contributed by atoms with Gasteiger partial charge in [-0.2, -0.15) is 0 Å². The quantitative estimate of drug-likeness (QED) is 0.542. The lowest BCUT2D eigenvalue weighted by Gasteiger charge is -2.01. The first-order valence-corrected chi connectivity index (χ1v) is 4.01. The van der Waals surface area contributed by atoms with Gasteiger partial charge in [0.2, 0.25) is 0 Å². The number of nitrogen functional groups attached to an aromatic ring is 1. The summed E-state index contributed by atoms with van der Waals surface area (Å²) in [6, 6.07) is 3.48. The molecule has 0 atom stereocenters. The predicted molar refractivity (Wildman–Crippen MR) is 54.0 cm³/mol. The molecule has 0 unspecified atom stereocenters. The summed E-state index contributed by atoms with van der Waals surface area (Å²) in [7, 11) is 0. The molecule has 1 aromatic heterocycles. The zero-order chi connectivity index (χ0) is 11.0. The summed E-state index contributed by atoms with van der Waals surface area (Å²) < 4.78 is 4.78. The highest BCUT2D eigenvalue weighted by molar-refractivity contribution is 5.92. The molecule has 15 heavy (non-hydrogen) atoms. The van der Waals surface area contributed by atoms with Crippen molar-refractivity contribution in [3.63, 3.8) is 0 Å². The second-order valence-corrected chi connectivity index (χ2v) is 2.95. The third kappa shape index (κ3) is 1.41. The molecular weight excluding hydrogens is 200 g/mol. The highest BCUT2D eigenvalue weighted by Crippen LogP contribution is 2.32. The first-order valence-electron chi connectivity index (χ1n) is 4.01. The number of nitroso groups, excluding NO2 is 1. The first kappa shape index (κ1) is 9.20. The van der Waals surface area contributed by atoms with Gasteiger partial charge in [0.25, 0.3) is 0 Å². The van der Waals surface area contributed by atoms with Crippen LogP contribution in [0.1, 0.15) is 0 Å². The lowest BCUT2D eigenvalue weighted by molar-refractivity contribution is 0.474. The van der Waals surface area contributed by atoms with E-state index in [-0.39, 0.29) is 22.7 Å². The Morgan fingerprint density at radius 1 is 1.33 bits per heavy atom. The van der Waals surface area contributed by atoms with E-state index < -0.39 is 5.63 Å². The molecule has 0 spiro atoms. The molecule has 0 aliphatic heterocycles. The number of fused-ring (bicyclic) bond motifs is 1. The molecule has 0 amide bonds. The maximum Gasteiger partial charge on any atom is 0.338 e. The summed E-state index contributed by atoms with van der Waals surface area (Å²) in [5, 5.41) is 12.3. The number of hydrogen-bond acceptors (Lipinski definition) is 6. The predicted octanol–water partition coefficient (Wildman–Crippen LogP) is 1.48. The van der Waals surface area contributed by atoms with Crippen LogP contribution in [0.4, 0.5) is 11.4 Å². The van der Waals surface area contributed by atoms with Crippen molar-refractivity contribution in [2.45, 2.75) is 0 Å². The Bertz CT molecular complexity index is 603. The van der Waals surface area contributed by atoms with Gasteiger partial charge >= 0.3 is 5.63 Å². The average Bonchev–Trinajstić information content (AvgIpc) is 2.16. The SMILES string of the molecule is Nc1cc(=O)oc2cc(O)c(N=O)cc12.